The number of hydrogen-bond donors (Lipinski definition) is 2. The standard InChI is InChI=1S/C10H9FN2O2/c11-10-7(4-12)2-1-3-8(10)5-13-6-9(14)15/h1-3,13H,5-6H2,(H,14,15). The lowest BCUT2D eigenvalue weighted by atomic mass is 10.1. The zero-order valence-electron chi connectivity index (χ0n) is 7.83. The molecule has 4 nitrogen and oxygen atoms in total. The summed E-state index contributed by atoms with van der Waals surface area (Å²) in [7, 11) is 0. The fourth-order valence-corrected chi connectivity index (χ4v) is 1.11. The third kappa shape index (κ3) is 3.04. The summed E-state index contributed by atoms with van der Waals surface area (Å²) in [5, 5.41) is 19.4. The van der Waals surface area contributed by atoms with Gasteiger partial charge >= 0.3 is 5.97 Å². The van der Waals surface area contributed by atoms with Crippen LogP contribution in [-0.2, 0) is 11.3 Å². The number of nitrogens with one attached hydrogen (secondary N) is 1. The van der Waals surface area contributed by atoms with Crippen molar-refractivity contribution in [2.45, 2.75) is 6.54 Å². The van der Waals surface area contributed by atoms with E-state index in [2.05, 4.69) is 5.32 Å². The van der Waals surface area contributed by atoms with Gasteiger partial charge < -0.3 is 10.4 Å². The number of carboxylic acids is 1. The van der Waals surface area contributed by atoms with Gasteiger partial charge in [-0.15, -0.1) is 0 Å². The van der Waals surface area contributed by atoms with Gasteiger partial charge in [0.2, 0.25) is 0 Å². The Morgan fingerprint density at radius 2 is 2.33 bits per heavy atom. The molecule has 0 atom stereocenters. The average Bonchev–Trinajstić information content (AvgIpc) is 2.20. The van der Waals surface area contributed by atoms with E-state index in [9.17, 15) is 9.18 Å². The van der Waals surface area contributed by atoms with Gasteiger partial charge in [0.05, 0.1) is 12.1 Å². The summed E-state index contributed by atoms with van der Waals surface area (Å²) in [6.45, 7) is -0.149. The highest BCUT2D eigenvalue weighted by atomic mass is 19.1. The molecule has 0 spiro atoms. The van der Waals surface area contributed by atoms with Crippen molar-refractivity contribution in [2.24, 2.45) is 0 Å². The highest BCUT2D eigenvalue weighted by Crippen LogP contribution is 2.11. The number of hydrogen-bond acceptors (Lipinski definition) is 3. The number of carboxylic acid groups (broad SMARTS) is 1. The molecule has 0 aliphatic heterocycles. The SMILES string of the molecule is N#Cc1cccc(CNCC(=O)O)c1F. The number of aliphatic carboxylic acids is 1. The highest BCUT2D eigenvalue weighted by molar-refractivity contribution is 5.69. The molecule has 1 rings (SSSR count). The number of rotatable bonds is 4. The number of nitriles is 1. The predicted octanol–water partition coefficient (Wildman–Crippen LogP) is 0.872. The van der Waals surface area contributed by atoms with Gasteiger partial charge in [0.25, 0.3) is 0 Å². The molecule has 1 aromatic carbocycles. The minimum absolute atomic E-state index is 0.0374. The van der Waals surface area contributed by atoms with Crippen molar-refractivity contribution in [2.75, 3.05) is 6.54 Å². The molecular weight excluding hydrogens is 199 g/mol. The Hall–Kier alpha value is -1.93. The predicted molar refractivity (Wildman–Crippen MR) is 50.5 cm³/mol. The largest absolute Gasteiger partial charge is 0.480 e. The molecule has 0 radical (unpaired) electrons. The van der Waals surface area contributed by atoms with Gasteiger partial charge in [0.1, 0.15) is 11.9 Å². The van der Waals surface area contributed by atoms with Crippen LogP contribution in [0.5, 0.6) is 0 Å². The summed E-state index contributed by atoms with van der Waals surface area (Å²) < 4.78 is 13.4. The second kappa shape index (κ2) is 5.08. The molecule has 0 bridgehead atoms. The first-order chi connectivity index (χ1) is 7.15. The summed E-state index contributed by atoms with van der Waals surface area (Å²) in [5.74, 6) is -1.61. The lowest BCUT2D eigenvalue weighted by Gasteiger charge is -2.04. The first kappa shape index (κ1) is 11.1. The van der Waals surface area contributed by atoms with E-state index >= 15 is 0 Å². The zero-order chi connectivity index (χ0) is 11.3. The van der Waals surface area contributed by atoms with E-state index in [-0.39, 0.29) is 24.2 Å². The Morgan fingerprint density at radius 1 is 1.60 bits per heavy atom. The Bertz CT molecular complexity index is 412. The summed E-state index contributed by atoms with van der Waals surface area (Å²) in [6.07, 6.45) is 0. The Labute approximate surface area is 86.0 Å². The van der Waals surface area contributed by atoms with Gasteiger partial charge in [-0.25, -0.2) is 4.39 Å². The van der Waals surface area contributed by atoms with E-state index in [0.717, 1.165) is 0 Å². The topological polar surface area (TPSA) is 73.1 Å². The molecule has 2 N–H and O–H groups in total. The van der Waals surface area contributed by atoms with Crippen molar-refractivity contribution >= 4 is 5.97 Å². The Balaban J connectivity index is 2.70. The minimum atomic E-state index is -1.01. The lowest BCUT2D eigenvalue weighted by molar-refractivity contribution is -0.136. The quantitative estimate of drug-likeness (QED) is 0.770. The smallest absolute Gasteiger partial charge is 0.317 e. The van der Waals surface area contributed by atoms with Crippen molar-refractivity contribution in [1.82, 2.24) is 5.32 Å². The molecule has 5 heteroatoms. The zero-order valence-corrected chi connectivity index (χ0v) is 7.83. The third-order valence-electron chi connectivity index (χ3n) is 1.79. The third-order valence-corrected chi connectivity index (χ3v) is 1.79. The molecule has 0 heterocycles. The van der Waals surface area contributed by atoms with E-state index < -0.39 is 11.8 Å². The second-order valence-electron chi connectivity index (χ2n) is 2.89. The van der Waals surface area contributed by atoms with Crippen LogP contribution in [0.2, 0.25) is 0 Å². The van der Waals surface area contributed by atoms with Crippen LogP contribution >= 0.6 is 0 Å². The van der Waals surface area contributed by atoms with Gasteiger partial charge in [0.15, 0.2) is 0 Å². The van der Waals surface area contributed by atoms with Crippen LogP contribution in [-0.4, -0.2) is 17.6 Å². The minimum Gasteiger partial charge on any atom is -0.480 e. The van der Waals surface area contributed by atoms with Gasteiger partial charge in [-0.1, -0.05) is 12.1 Å². The summed E-state index contributed by atoms with van der Waals surface area (Å²) >= 11 is 0. The summed E-state index contributed by atoms with van der Waals surface area (Å²) in [5.41, 5.74) is 0.250. The van der Waals surface area contributed by atoms with Gasteiger partial charge in [-0.05, 0) is 6.07 Å². The Morgan fingerprint density at radius 3 is 2.93 bits per heavy atom. The van der Waals surface area contributed by atoms with Crippen LogP contribution < -0.4 is 5.32 Å². The number of halogens is 1. The first-order valence-electron chi connectivity index (χ1n) is 4.25. The van der Waals surface area contributed by atoms with Crippen LogP contribution in [0.4, 0.5) is 4.39 Å². The van der Waals surface area contributed by atoms with Crippen molar-refractivity contribution in [3.05, 3.63) is 35.1 Å². The van der Waals surface area contributed by atoms with E-state index in [1.54, 1.807) is 12.1 Å². The molecule has 0 fully saturated rings. The van der Waals surface area contributed by atoms with E-state index in [0.29, 0.717) is 0 Å². The molecule has 0 aromatic heterocycles. The van der Waals surface area contributed by atoms with Crippen LogP contribution in [0.3, 0.4) is 0 Å². The van der Waals surface area contributed by atoms with Crippen LogP contribution in [0.25, 0.3) is 0 Å². The van der Waals surface area contributed by atoms with E-state index in [1.165, 1.54) is 12.1 Å². The van der Waals surface area contributed by atoms with Crippen LogP contribution in [0.1, 0.15) is 11.1 Å². The monoisotopic (exact) mass is 208 g/mol. The van der Waals surface area contributed by atoms with Gasteiger partial charge in [-0.3, -0.25) is 4.79 Å². The molecule has 0 unspecified atom stereocenters. The van der Waals surface area contributed by atoms with Gasteiger partial charge in [-0.2, -0.15) is 5.26 Å². The lowest BCUT2D eigenvalue weighted by Crippen LogP contribution is -2.22. The molecule has 0 aliphatic rings. The van der Waals surface area contributed by atoms with Gasteiger partial charge in [0, 0.05) is 12.1 Å². The number of nitrogens with zero attached hydrogens (tertiary/aromatic N) is 1. The first-order valence-corrected chi connectivity index (χ1v) is 4.25. The molecule has 15 heavy (non-hydrogen) atoms. The average molecular weight is 208 g/mol. The molecule has 0 aliphatic carbocycles. The Kier molecular flexibility index (Phi) is 3.77. The van der Waals surface area contributed by atoms with E-state index in [1.807, 2.05) is 0 Å². The normalized spacial score (nSPS) is 9.60. The van der Waals surface area contributed by atoms with Crippen LogP contribution in [0.15, 0.2) is 18.2 Å². The van der Waals surface area contributed by atoms with Crippen LogP contribution in [0, 0.1) is 17.1 Å². The van der Waals surface area contributed by atoms with E-state index in [4.69, 9.17) is 10.4 Å². The van der Waals surface area contributed by atoms with Crippen molar-refractivity contribution in [3.8, 4) is 6.07 Å². The van der Waals surface area contributed by atoms with Crippen molar-refractivity contribution in [3.63, 3.8) is 0 Å². The summed E-state index contributed by atoms with van der Waals surface area (Å²) in [4.78, 5) is 10.2. The molecule has 78 valence electrons. The maximum Gasteiger partial charge on any atom is 0.317 e. The maximum absolute atomic E-state index is 13.4. The highest BCUT2D eigenvalue weighted by Gasteiger charge is 2.07. The molecule has 1 aromatic rings. The van der Waals surface area contributed by atoms with Crippen molar-refractivity contribution < 1.29 is 14.3 Å². The fraction of sp³-hybridized carbons (Fsp3) is 0.200. The molecule has 0 saturated heterocycles. The maximum atomic E-state index is 13.4. The number of benzene rings is 1. The molecule has 0 amide bonds. The molecular formula is C10H9FN2O2. The fourth-order valence-electron chi connectivity index (χ4n) is 1.11. The van der Waals surface area contributed by atoms with Crippen molar-refractivity contribution in [1.29, 1.82) is 5.26 Å². The second-order valence-corrected chi connectivity index (χ2v) is 2.89. The number of carbonyl (C=O) groups is 1. The summed E-state index contributed by atoms with van der Waals surface area (Å²) in [6, 6.07) is 6.15. The molecule has 0 saturated carbocycles.